The zero-order valence-corrected chi connectivity index (χ0v) is 25.2. The minimum Gasteiger partial charge on any atom is -0.355 e. The van der Waals surface area contributed by atoms with E-state index in [0.717, 1.165) is 21.0 Å². The number of carbonyl (C=O) groups excluding carboxylic acids is 2. The Bertz CT molecular complexity index is 1610. The van der Waals surface area contributed by atoms with E-state index >= 15 is 0 Å². The Kier molecular flexibility index (Phi) is 10.4. The highest BCUT2D eigenvalue weighted by Gasteiger charge is 2.34. The van der Waals surface area contributed by atoms with Crippen LogP contribution in [0.25, 0.3) is 0 Å². The molecule has 0 saturated heterocycles. The van der Waals surface area contributed by atoms with E-state index in [4.69, 9.17) is 11.6 Å². The number of nitrogens with one attached hydrogen (secondary N) is 1. The fraction of sp³-hybridized carbons (Fsp3) is 0.212. The van der Waals surface area contributed by atoms with Gasteiger partial charge in [0.1, 0.15) is 12.6 Å². The molecule has 9 heteroatoms. The quantitative estimate of drug-likeness (QED) is 0.228. The van der Waals surface area contributed by atoms with Crippen molar-refractivity contribution in [3.8, 4) is 0 Å². The number of halogens is 1. The van der Waals surface area contributed by atoms with Gasteiger partial charge in [0.05, 0.1) is 10.6 Å². The summed E-state index contributed by atoms with van der Waals surface area (Å²) >= 11 is 6.26. The molecule has 42 heavy (non-hydrogen) atoms. The molecule has 4 aromatic rings. The molecule has 0 aliphatic heterocycles. The maximum absolute atomic E-state index is 14.4. The van der Waals surface area contributed by atoms with Gasteiger partial charge in [-0.3, -0.25) is 13.9 Å². The van der Waals surface area contributed by atoms with Gasteiger partial charge in [-0.1, -0.05) is 90.5 Å². The van der Waals surface area contributed by atoms with Crippen molar-refractivity contribution < 1.29 is 18.0 Å². The topological polar surface area (TPSA) is 86.8 Å². The second-order valence-corrected chi connectivity index (χ2v) is 12.2. The Balaban J connectivity index is 1.80. The molecule has 0 saturated carbocycles. The zero-order chi connectivity index (χ0) is 30.1. The molecule has 1 N–H and O–H groups in total. The van der Waals surface area contributed by atoms with Crippen LogP contribution in [-0.2, 0) is 32.6 Å². The molecule has 0 aromatic heterocycles. The van der Waals surface area contributed by atoms with Gasteiger partial charge in [-0.25, -0.2) is 8.42 Å². The molecule has 0 unspecified atom stereocenters. The molecule has 0 aliphatic rings. The van der Waals surface area contributed by atoms with Crippen LogP contribution in [0.3, 0.4) is 0 Å². The average Bonchev–Trinajstić information content (AvgIpc) is 2.99. The number of nitrogens with zero attached hydrogens (tertiary/aromatic N) is 2. The maximum atomic E-state index is 14.4. The number of carbonyl (C=O) groups is 2. The van der Waals surface area contributed by atoms with Crippen molar-refractivity contribution in [1.29, 1.82) is 0 Å². The van der Waals surface area contributed by atoms with Crippen LogP contribution in [0, 0.1) is 6.92 Å². The molecular weight excluding hydrogens is 570 g/mol. The van der Waals surface area contributed by atoms with E-state index < -0.39 is 28.5 Å². The van der Waals surface area contributed by atoms with Gasteiger partial charge in [-0.2, -0.15) is 0 Å². The van der Waals surface area contributed by atoms with E-state index in [0.29, 0.717) is 11.6 Å². The summed E-state index contributed by atoms with van der Waals surface area (Å²) in [7, 11) is -4.17. The van der Waals surface area contributed by atoms with Crippen LogP contribution in [0.2, 0.25) is 5.02 Å². The molecule has 0 aliphatic carbocycles. The van der Waals surface area contributed by atoms with Crippen molar-refractivity contribution >= 4 is 39.1 Å². The zero-order valence-electron chi connectivity index (χ0n) is 23.6. The second-order valence-electron chi connectivity index (χ2n) is 9.85. The maximum Gasteiger partial charge on any atom is 0.264 e. The third kappa shape index (κ3) is 7.57. The first-order valence-corrected chi connectivity index (χ1v) is 15.5. The van der Waals surface area contributed by atoms with Crippen LogP contribution >= 0.6 is 11.6 Å². The highest BCUT2D eigenvalue weighted by Crippen LogP contribution is 2.27. The normalized spacial score (nSPS) is 11.9. The summed E-state index contributed by atoms with van der Waals surface area (Å²) in [6.45, 7) is 3.73. The summed E-state index contributed by atoms with van der Waals surface area (Å²) in [6, 6.07) is 30.5. The van der Waals surface area contributed by atoms with Crippen LogP contribution in [0.1, 0.15) is 23.6 Å². The summed E-state index contributed by atoms with van der Waals surface area (Å²) < 4.78 is 28.9. The van der Waals surface area contributed by atoms with E-state index in [-0.39, 0.29) is 29.5 Å². The number of anilines is 1. The van der Waals surface area contributed by atoms with E-state index in [1.54, 1.807) is 36.4 Å². The van der Waals surface area contributed by atoms with E-state index in [9.17, 15) is 18.0 Å². The Hall–Kier alpha value is -4.14. The highest BCUT2D eigenvalue weighted by molar-refractivity contribution is 7.92. The van der Waals surface area contributed by atoms with Crippen molar-refractivity contribution in [2.75, 3.05) is 17.4 Å². The van der Waals surface area contributed by atoms with Crippen molar-refractivity contribution in [3.05, 3.63) is 131 Å². The number of aryl methyl sites for hydroxylation is 1. The molecule has 218 valence electrons. The Morgan fingerprint density at radius 1 is 0.857 bits per heavy atom. The lowest BCUT2D eigenvalue weighted by molar-refractivity contribution is -0.140. The predicted octanol–water partition coefficient (Wildman–Crippen LogP) is 5.62. The number of benzene rings is 4. The van der Waals surface area contributed by atoms with Crippen LogP contribution in [0.5, 0.6) is 0 Å². The smallest absolute Gasteiger partial charge is 0.264 e. The van der Waals surface area contributed by atoms with Gasteiger partial charge in [0, 0.05) is 24.5 Å². The standard InChI is InChI=1S/C33H34ClN3O4S/c1-3-35-33(39)31(21-26-14-6-4-7-15-26)36(23-27-16-11-10-13-25(27)2)32(38)24-37(29-18-12-17-28(34)22-29)42(40,41)30-19-8-5-9-20-30/h4-20,22,31H,3,21,23-24H2,1-2H3,(H,35,39)/t31-/m0/s1. The molecular formula is C33H34ClN3O4S. The van der Waals surface area contributed by atoms with Gasteiger partial charge in [0.15, 0.2) is 0 Å². The summed E-state index contributed by atoms with van der Waals surface area (Å²) in [5, 5.41) is 3.20. The van der Waals surface area contributed by atoms with Crippen molar-refractivity contribution in [3.63, 3.8) is 0 Å². The fourth-order valence-electron chi connectivity index (χ4n) is 4.70. The molecule has 4 aromatic carbocycles. The highest BCUT2D eigenvalue weighted by atomic mass is 35.5. The third-order valence-corrected chi connectivity index (χ3v) is 8.95. The van der Waals surface area contributed by atoms with Crippen molar-refractivity contribution in [2.45, 2.75) is 37.8 Å². The fourth-order valence-corrected chi connectivity index (χ4v) is 6.31. The SMILES string of the molecule is CCNC(=O)[C@H](Cc1ccccc1)N(Cc1ccccc1C)C(=O)CN(c1cccc(Cl)c1)S(=O)(=O)c1ccccc1. The van der Waals surface area contributed by atoms with Crippen molar-refractivity contribution in [1.82, 2.24) is 10.2 Å². The van der Waals surface area contributed by atoms with E-state index in [1.807, 2.05) is 68.4 Å². The van der Waals surface area contributed by atoms with Gasteiger partial charge < -0.3 is 10.2 Å². The summed E-state index contributed by atoms with van der Waals surface area (Å²) in [6.07, 6.45) is 0.257. The number of sulfonamides is 1. The minimum absolute atomic E-state index is 0.0350. The second kappa shape index (κ2) is 14.2. The molecule has 2 amide bonds. The summed E-state index contributed by atoms with van der Waals surface area (Å²) in [4.78, 5) is 29.4. The Morgan fingerprint density at radius 3 is 2.14 bits per heavy atom. The minimum atomic E-state index is -4.17. The lowest BCUT2D eigenvalue weighted by atomic mass is 10.0. The van der Waals surface area contributed by atoms with E-state index in [1.165, 1.54) is 23.1 Å². The first-order chi connectivity index (χ1) is 20.2. The van der Waals surface area contributed by atoms with Crippen molar-refractivity contribution in [2.24, 2.45) is 0 Å². The molecule has 0 spiro atoms. The largest absolute Gasteiger partial charge is 0.355 e. The predicted molar refractivity (Wildman–Crippen MR) is 167 cm³/mol. The molecule has 0 bridgehead atoms. The number of hydrogen-bond acceptors (Lipinski definition) is 4. The summed E-state index contributed by atoms with van der Waals surface area (Å²) in [5.74, 6) is -0.839. The van der Waals surface area contributed by atoms with Gasteiger partial charge >= 0.3 is 0 Å². The molecule has 4 rings (SSSR count). The van der Waals surface area contributed by atoms with Crippen LogP contribution in [-0.4, -0.2) is 44.3 Å². The van der Waals surface area contributed by atoms with Gasteiger partial charge in [0.2, 0.25) is 11.8 Å². The lowest BCUT2D eigenvalue weighted by Crippen LogP contribution is -2.53. The molecule has 0 radical (unpaired) electrons. The van der Waals surface area contributed by atoms with E-state index in [2.05, 4.69) is 5.32 Å². The van der Waals surface area contributed by atoms with Gasteiger partial charge in [-0.15, -0.1) is 0 Å². The average molecular weight is 604 g/mol. The van der Waals surface area contributed by atoms with Gasteiger partial charge in [0.25, 0.3) is 10.0 Å². The number of likely N-dealkylation sites (N-methyl/N-ethyl adjacent to an activating group) is 1. The molecule has 0 heterocycles. The number of amides is 2. The summed E-state index contributed by atoms with van der Waals surface area (Å²) in [5.41, 5.74) is 2.93. The number of hydrogen-bond donors (Lipinski definition) is 1. The van der Waals surface area contributed by atoms with Crippen LogP contribution in [0.4, 0.5) is 5.69 Å². The molecule has 0 fully saturated rings. The third-order valence-electron chi connectivity index (χ3n) is 6.93. The first-order valence-electron chi connectivity index (χ1n) is 13.7. The molecule has 7 nitrogen and oxygen atoms in total. The first kappa shape index (κ1) is 30.8. The Labute approximate surface area is 252 Å². The lowest BCUT2D eigenvalue weighted by Gasteiger charge is -2.34. The van der Waals surface area contributed by atoms with Gasteiger partial charge in [-0.05, 0) is 60.9 Å². The molecule has 1 atom stereocenters. The van der Waals surface area contributed by atoms with Crippen LogP contribution < -0.4 is 9.62 Å². The van der Waals surface area contributed by atoms with Crippen LogP contribution in [0.15, 0.2) is 114 Å². The monoisotopic (exact) mass is 603 g/mol. The Morgan fingerprint density at radius 2 is 1.50 bits per heavy atom. The number of rotatable bonds is 12.